The van der Waals surface area contributed by atoms with Crippen molar-refractivity contribution in [2.24, 2.45) is 0 Å². The smallest absolute Gasteiger partial charge is 0.341 e. The van der Waals surface area contributed by atoms with Crippen LogP contribution in [0, 0.1) is 0 Å². The molecular formula is C14H18F2N2O3S. The van der Waals surface area contributed by atoms with Crippen molar-refractivity contribution < 1.29 is 21.9 Å². The molecule has 0 aromatic heterocycles. The molecule has 0 saturated carbocycles. The molecule has 2 heterocycles. The fraction of sp³-hybridized carbons (Fsp3) is 0.571. The summed E-state index contributed by atoms with van der Waals surface area (Å²) in [6.45, 7) is 3.09. The van der Waals surface area contributed by atoms with Crippen LogP contribution in [0.25, 0.3) is 0 Å². The molecule has 2 unspecified atom stereocenters. The molecule has 122 valence electrons. The number of likely N-dealkylation sites (N-methyl/N-ethyl adjacent to an activating group) is 1. The van der Waals surface area contributed by atoms with Crippen LogP contribution in [-0.4, -0.2) is 64.5 Å². The topological polar surface area (TPSA) is 49.9 Å². The van der Waals surface area contributed by atoms with Gasteiger partial charge >= 0.3 is 5.76 Å². The summed E-state index contributed by atoms with van der Waals surface area (Å²) in [5.41, 5.74) is 0.819. The third kappa shape index (κ3) is 2.70. The van der Waals surface area contributed by atoms with Gasteiger partial charge in [0, 0.05) is 25.3 Å². The van der Waals surface area contributed by atoms with E-state index >= 15 is 0 Å². The lowest BCUT2D eigenvalue weighted by atomic mass is 10.1. The quantitative estimate of drug-likeness (QED) is 0.833. The zero-order chi connectivity index (χ0) is 15.9. The highest BCUT2D eigenvalue weighted by Crippen LogP contribution is 2.28. The molecule has 2 aliphatic rings. The molecule has 2 saturated heterocycles. The van der Waals surface area contributed by atoms with Crippen LogP contribution in [0.5, 0.6) is 0 Å². The van der Waals surface area contributed by atoms with Crippen LogP contribution >= 0.6 is 0 Å². The number of anilines is 1. The Morgan fingerprint density at radius 1 is 1.23 bits per heavy atom. The van der Waals surface area contributed by atoms with E-state index in [4.69, 9.17) is 4.74 Å². The Hall–Kier alpha value is -1.25. The summed E-state index contributed by atoms with van der Waals surface area (Å²) in [7, 11) is -2.47. The lowest BCUT2D eigenvalue weighted by Crippen LogP contribution is -2.48. The van der Waals surface area contributed by atoms with E-state index in [0.717, 1.165) is 25.3 Å². The summed E-state index contributed by atoms with van der Waals surface area (Å²) in [6.07, 6.45) is 0.128. The summed E-state index contributed by atoms with van der Waals surface area (Å²) in [5.74, 6) is -3.39. The molecule has 0 radical (unpaired) electrons. The average Bonchev–Trinajstić information content (AvgIpc) is 2.93. The molecule has 5 nitrogen and oxygen atoms in total. The van der Waals surface area contributed by atoms with Crippen LogP contribution < -0.4 is 4.90 Å². The van der Waals surface area contributed by atoms with Gasteiger partial charge in [-0.05, 0) is 31.3 Å². The van der Waals surface area contributed by atoms with Crippen LogP contribution in [0.4, 0.5) is 14.5 Å². The summed E-state index contributed by atoms with van der Waals surface area (Å²) < 4.78 is 53.6. The molecule has 1 aromatic carbocycles. The third-order valence-corrected chi connectivity index (χ3v) is 5.74. The van der Waals surface area contributed by atoms with Crippen molar-refractivity contribution in [3.8, 4) is 0 Å². The molecular weight excluding hydrogens is 314 g/mol. The van der Waals surface area contributed by atoms with Gasteiger partial charge in [0.25, 0.3) is 0 Å². The van der Waals surface area contributed by atoms with Gasteiger partial charge in [-0.3, -0.25) is 4.90 Å². The fourth-order valence-corrected chi connectivity index (χ4v) is 3.74. The minimum absolute atomic E-state index is 0.128. The first-order chi connectivity index (χ1) is 10.4. The summed E-state index contributed by atoms with van der Waals surface area (Å²) in [5, 5.41) is 0. The van der Waals surface area contributed by atoms with E-state index < -0.39 is 15.6 Å². The van der Waals surface area contributed by atoms with Crippen molar-refractivity contribution in [2.45, 2.75) is 22.8 Å². The number of hydrogen-bond acceptors (Lipinski definition) is 5. The molecule has 0 bridgehead atoms. The first kappa shape index (κ1) is 15.6. The number of nitrogens with zero attached hydrogens (tertiary/aromatic N) is 2. The van der Waals surface area contributed by atoms with Crippen LogP contribution in [-0.2, 0) is 14.6 Å². The summed E-state index contributed by atoms with van der Waals surface area (Å²) >= 11 is 0. The molecule has 8 heteroatoms. The normalized spacial score (nSPS) is 26.5. The molecule has 3 rings (SSSR count). The van der Waals surface area contributed by atoms with E-state index in [1.807, 2.05) is 0 Å². The minimum Gasteiger partial charge on any atom is -0.373 e. The number of halogens is 2. The van der Waals surface area contributed by atoms with Crippen molar-refractivity contribution in [3.63, 3.8) is 0 Å². The average molecular weight is 332 g/mol. The van der Waals surface area contributed by atoms with Crippen LogP contribution in [0.3, 0.4) is 0 Å². The Labute approximate surface area is 128 Å². The van der Waals surface area contributed by atoms with Gasteiger partial charge in [-0.25, -0.2) is 8.42 Å². The van der Waals surface area contributed by atoms with E-state index in [1.165, 1.54) is 12.1 Å². The van der Waals surface area contributed by atoms with Gasteiger partial charge in [0.2, 0.25) is 9.84 Å². The molecule has 22 heavy (non-hydrogen) atoms. The zero-order valence-electron chi connectivity index (χ0n) is 12.2. The Balaban J connectivity index is 1.77. The lowest BCUT2D eigenvalue weighted by Gasteiger charge is -2.33. The predicted octanol–water partition coefficient (Wildman–Crippen LogP) is 1.20. The van der Waals surface area contributed by atoms with Crippen molar-refractivity contribution in [3.05, 3.63) is 24.3 Å². The Morgan fingerprint density at radius 2 is 1.91 bits per heavy atom. The SMILES string of the molecule is CN1CCOC2CN(c3ccc(S(=O)(=O)C(F)F)cc3)CC21. The minimum atomic E-state index is -4.53. The highest BCUT2D eigenvalue weighted by molar-refractivity contribution is 7.91. The molecule has 2 aliphatic heterocycles. The number of benzene rings is 1. The molecule has 0 aliphatic carbocycles. The second kappa shape index (κ2) is 5.75. The highest BCUT2D eigenvalue weighted by Gasteiger charge is 2.38. The van der Waals surface area contributed by atoms with Gasteiger partial charge in [-0.15, -0.1) is 0 Å². The Morgan fingerprint density at radius 3 is 2.50 bits per heavy atom. The fourth-order valence-electron chi connectivity index (χ4n) is 3.02. The first-order valence-corrected chi connectivity index (χ1v) is 8.63. The van der Waals surface area contributed by atoms with E-state index in [2.05, 4.69) is 16.8 Å². The lowest BCUT2D eigenvalue weighted by molar-refractivity contribution is -0.0362. The van der Waals surface area contributed by atoms with Crippen LogP contribution in [0.2, 0.25) is 0 Å². The maximum atomic E-state index is 12.5. The van der Waals surface area contributed by atoms with E-state index in [-0.39, 0.29) is 11.0 Å². The van der Waals surface area contributed by atoms with Crippen LogP contribution in [0.1, 0.15) is 0 Å². The standard InChI is InChI=1S/C14H18F2N2O3S/c1-17-6-7-21-13-9-18(8-12(13)17)10-2-4-11(5-3-10)22(19,20)14(15)16/h2-5,12-14H,6-9H2,1H3. The first-order valence-electron chi connectivity index (χ1n) is 7.08. The second-order valence-electron chi connectivity index (χ2n) is 5.66. The van der Waals surface area contributed by atoms with E-state index in [9.17, 15) is 17.2 Å². The maximum Gasteiger partial charge on any atom is 0.341 e. The van der Waals surface area contributed by atoms with Gasteiger partial charge in [-0.2, -0.15) is 8.78 Å². The van der Waals surface area contributed by atoms with Crippen molar-refractivity contribution in [1.29, 1.82) is 0 Å². The number of sulfone groups is 1. The van der Waals surface area contributed by atoms with Crippen LogP contribution in [0.15, 0.2) is 29.2 Å². The number of fused-ring (bicyclic) bond motifs is 1. The molecule has 2 atom stereocenters. The van der Waals surface area contributed by atoms with Gasteiger partial charge in [-0.1, -0.05) is 0 Å². The summed E-state index contributed by atoms with van der Waals surface area (Å²) in [4.78, 5) is 4.00. The summed E-state index contributed by atoms with van der Waals surface area (Å²) in [6, 6.07) is 5.93. The third-order valence-electron chi connectivity index (χ3n) is 4.34. The number of ether oxygens (including phenoxy) is 1. The van der Waals surface area contributed by atoms with Gasteiger partial charge < -0.3 is 9.64 Å². The molecule has 0 N–H and O–H groups in total. The monoisotopic (exact) mass is 332 g/mol. The second-order valence-corrected chi connectivity index (χ2v) is 7.58. The molecule has 2 fully saturated rings. The van der Waals surface area contributed by atoms with Crippen molar-refractivity contribution >= 4 is 15.5 Å². The zero-order valence-corrected chi connectivity index (χ0v) is 13.0. The number of hydrogen-bond donors (Lipinski definition) is 0. The van der Waals surface area contributed by atoms with Gasteiger partial charge in [0.05, 0.1) is 23.6 Å². The highest BCUT2D eigenvalue weighted by atomic mass is 32.2. The number of rotatable bonds is 3. The van der Waals surface area contributed by atoms with Crippen molar-refractivity contribution in [1.82, 2.24) is 4.90 Å². The van der Waals surface area contributed by atoms with Gasteiger partial charge in [0.15, 0.2) is 0 Å². The Kier molecular flexibility index (Phi) is 4.09. The van der Waals surface area contributed by atoms with E-state index in [0.29, 0.717) is 12.6 Å². The number of morpholine rings is 1. The maximum absolute atomic E-state index is 12.5. The van der Waals surface area contributed by atoms with Crippen molar-refractivity contribution in [2.75, 3.05) is 38.2 Å². The Bertz CT molecular complexity index is 636. The number of alkyl halides is 2. The van der Waals surface area contributed by atoms with E-state index in [1.54, 1.807) is 12.1 Å². The molecule has 1 aromatic rings. The molecule has 0 amide bonds. The largest absolute Gasteiger partial charge is 0.373 e. The van der Waals surface area contributed by atoms with Gasteiger partial charge in [0.1, 0.15) is 0 Å². The molecule has 0 spiro atoms. The predicted molar refractivity (Wildman–Crippen MR) is 78.0 cm³/mol.